The van der Waals surface area contributed by atoms with E-state index in [4.69, 9.17) is 5.73 Å². The summed E-state index contributed by atoms with van der Waals surface area (Å²) in [7, 11) is 0. The summed E-state index contributed by atoms with van der Waals surface area (Å²) >= 11 is 0. The summed E-state index contributed by atoms with van der Waals surface area (Å²) in [6, 6.07) is 7.81. The minimum Gasteiger partial charge on any atom is -0.404 e. The van der Waals surface area contributed by atoms with Gasteiger partial charge in [-0.25, -0.2) is 9.97 Å². The Labute approximate surface area is 202 Å². The average molecular weight is 470 g/mol. The zero-order valence-electron chi connectivity index (χ0n) is 19.9. The summed E-state index contributed by atoms with van der Waals surface area (Å²) in [5, 5.41) is 7.37. The number of nitrogens with zero attached hydrogens (tertiary/aromatic N) is 4. The maximum absolute atomic E-state index is 12.8. The Morgan fingerprint density at radius 3 is 2.77 bits per heavy atom. The van der Waals surface area contributed by atoms with Crippen LogP contribution < -0.4 is 16.4 Å². The number of hydrogen-bond acceptors (Lipinski definition) is 6. The molecule has 0 fully saturated rings. The van der Waals surface area contributed by atoms with Crippen LogP contribution in [-0.4, -0.2) is 32.9 Å². The van der Waals surface area contributed by atoms with Gasteiger partial charge in [-0.05, 0) is 66.6 Å². The van der Waals surface area contributed by atoms with Crippen molar-refractivity contribution in [1.82, 2.24) is 19.7 Å². The molecule has 3 heterocycles. The number of nitrogens with one attached hydrogen (secondary N) is 2. The molecular formula is C26H27N7O2. The number of anilines is 1. The lowest BCUT2D eigenvalue weighted by Crippen LogP contribution is -2.26. The van der Waals surface area contributed by atoms with E-state index in [-0.39, 0.29) is 11.5 Å². The first-order chi connectivity index (χ1) is 16.9. The van der Waals surface area contributed by atoms with Gasteiger partial charge in [0.2, 0.25) is 6.41 Å². The summed E-state index contributed by atoms with van der Waals surface area (Å²) in [6.45, 7) is 6.62. The lowest BCUT2D eigenvalue weighted by atomic mass is 9.96. The van der Waals surface area contributed by atoms with Gasteiger partial charge in [0, 0.05) is 42.9 Å². The Kier molecular flexibility index (Phi) is 6.86. The molecule has 3 aromatic heterocycles. The predicted octanol–water partition coefficient (Wildman–Crippen LogP) is 3.11. The molecule has 0 bridgehead atoms. The van der Waals surface area contributed by atoms with Gasteiger partial charge in [-0.1, -0.05) is 6.07 Å². The van der Waals surface area contributed by atoms with Crippen LogP contribution in [0.4, 0.5) is 5.82 Å². The summed E-state index contributed by atoms with van der Waals surface area (Å²) in [5.74, 6) is 0.184. The zero-order valence-corrected chi connectivity index (χ0v) is 19.9. The predicted molar refractivity (Wildman–Crippen MR) is 137 cm³/mol. The molecule has 0 aliphatic heterocycles. The molecule has 0 saturated heterocycles. The molecule has 35 heavy (non-hydrogen) atoms. The van der Waals surface area contributed by atoms with Crippen molar-refractivity contribution in [2.45, 2.75) is 33.9 Å². The topological polar surface area (TPSA) is 127 Å². The van der Waals surface area contributed by atoms with E-state index >= 15 is 0 Å². The number of aryl methyl sites for hydroxylation is 3. The van der Waals surface area contributed by atoms with Crippen LogP contribution in [0, 0.1) is 20.8 Å². The number of nitrogens with two attached hydrogens (primary N) is 1. The zero-order chi connectivity index (χ0) is 24.9. The van der Waals surface area contributed by atoms with Crippen molar-refractivity contribution in [2.75, 3.05) is 5.32 Å². The van der Waals surface area contributed by atoms with Crippen LogP contribution in [-0.2, 0) is 22.7 Å². The van der Waals surface area contributed by atoms with Crippen LogP contribution in [0.2, 0.25) is 0 Å². The van der Waals surface area contributed by atoms with Gasteiger partial charge < -0.3 is 20.8 Å². The normalized spacial score (nSPS) is 11.9. The summed E-state index contributed by atoms with van der Waals surface area (Å²) in [4.78, 5) is 36.8. The summed E-state index contributed by atoms with van der Waals surface area (Å²) < 4.78 is 1.95. The Morgan fingerprint density at radius 1 is 1.17 bits per heavy atom. The highest BCUT2D eigenvalue weighted by molar-refractivity contribution is 6.12. The fourth-order valence-corrected chi connectivity index (χ4v) is 4.07. The lowest BCUT2D eigenvalue weighted by molar-refractivity contribution is -0.117. The number of carbonyl (C=O) groups excluding carboxylic acids is 2. The van der Waals surface area contributed by atoms with Crippen LogP contribution in [0.1, 0.15) is 27.9 Å². The van der Waals surface area contributed by atoms with E-state index in [0.29, 0.717) is 25.3 Å². The first-order valence-electron chi connectivity index (χ1n) is 11.1. The lowest BCUT2D eigenvalue weighted by Gasteiger charge is -2.15. The van der Waals surface area contributed by atoms with Crippen molar-refractivity contribution in [3.05, 3.63) is 82.6 Å². The standard InChI is InChI=1S/C26H27N7O2/c1-16-4-5-24-32-20(14-33(24)13-16)11-28-10-19(9-27)26(35)30-12-23-17(2)8-22-21(18(23)3)6-7-29-25(22)31-15-34/h4-10,13-15H,11-12,27H2,1-3H3,(H,30,35)(H,29,31,34)/b19-9+,28-10?. The molecule has 4 rings (SSSR count). The smallest absolute Gasteiger partial charge is 0.254 e. The van der Waals surface area contributed by atoms with E-state index in [1.165, 1.54) is 12.4 Å². The molecule has 0 saturated carbocycles. The SMILES string of the molecule is Cc1ccc2nc(CN=C/C(=C\N)C(=O)NCc3c(C)cc4c(NC=O)nccc4c3C)cn2c1. The monoisotopic (exact) mass is 469 g/mol. The maximum Gasteiger partial charge on any atom is 0.254 e. The number of carbonyl (C=O) groups is 2. The largest absolute Gasteiger partial charge is 0.404 e. The Morgan fingerprint density at radius 2 is 2.00 bits per heavy atom. The first-order valence-corrected chi connectivity index (χ1v) is 11.1. The van der Waals surface area contributed by atoms with E-state index < -0.39 is 0 Å². The van der Waals surface area contributed by atoms with Gasteiger partial charge in [0.15, 0.2) is 0 Å². The van der Waals surface area contributed by atoms with E-state index in [2.05, 4.69) is 25.6 Å². The molecule has 0 atom stereocenters. The van der Waals surface area contributed by atoms with Gasteiger partial charge in [0.25, 0.3) is 5.91 Å². The second-order valence-corrected chi connectivity index (χ2v) is 8.29. The third-order valence-corrected chi connectivity index (χ3v) is 5.88. The molecule has 2 amide bonds. The fraction of sp³-hybridized carbons (Fsp3) is 0.192. The maximum atomic E-state index is 12.8. The third-order valence-electron chi connectivity index (χ3n) is 5.88. The molecule has 4 aromatic rings. The Balaban J connectivity index is 1.45. The number of aliphatic imine (C=N–C) groups is 1. The van der Waals surface area contributed by atoms with Gasteiger partial charge in [-0.15, -0.1) is 0 Å². The van der Waals surface area contributed by atoms with Crippen LogP contribution in [0.3, 0.4) is 0 Å². The molecule has 0 aliphatic carbocycles. The highest BCUT2D eigenvalue weighted by Crippen LogP contribution is 2.29. The number of imidazole rings is 1. The molecular weight excluding hydrogens is 442 g/mol. The van der Waals surface area contributed by atoms with Gasteiger partial charge in [-0.3, -0.25) is 14.6 Å². The molecule has 0 spiro atoms. The van der Waals surface area contributed by atoms with Crippen LogP contribution >= 0.6 is 0 Å². The highest BCUT2D eigenvalue weighted by atomic mass is 16.1. The van der Waals surface area contributed by atoms with Crippen molar-refractivity contribution in [1.29, 1.82) is 0 Å². The minimum atomic E-state index is -0.321. The van der Waals surface area contributed by atoms with Gasteiger partial charge in [0.05, 0.1) is 17.8 Å². The number of rotatable bonds is 8. The van der Waals surface area contributed by atoms with Crippen molar-refractivity contribution in [2.24, 2.45) is 10.7 Å². The average Bonchev–Trinajstić information content (AvgIpc) is 3.24. The Bertz CT molecular complexity index is 1480. The van der Waals surface area contributed by atoms with E-state index in [1.807, 2.05) is 61.8 Å². The molecule has 1 aromatic carbocycles. The van der Waals surface area contributed by atoms with Gasteiger partial charge in [0.1, 0.15) is 11.5 Å². The molecule has 0 radical (unpaired) electrons. The highest BCUT2D eigenvalue weighted by Gasteiger charge is 2.13. The molecule has 4 N–H and O–H groups in total. The summed E-state index contributed by atoms with van der Waals surface area (Å²) in [5.41, 5.74) is 11.7. The van der Waals surface area contributed by atoms with Crippen molar-refractivity contribution < 1.29 is 9.59 Å². The number of benzene rings is 1. The molecule has 0 unspecified atom stereocenters. The van der Waals surface area contributed by atoms with E-state index in [9.17, 15) is 9.59 Å². The van der Waals surface area contributed by atoms with Crippen molar-refractivity contribution in [3.8, 4) is 0 Å². The van der Waals surface area contributed by atoms with E-state index in [1.54, 1.807) is 6.20 Å². The molecule has 9 nitrogen and oxygen atoms in total. The number of aromatic nitrogens is 3. The van der Waals surface area contributed by atoms with Gasteiger partial charge in [-0.2, -0.15) is 0 Å². The molecule has 178 valence electrons. The molecule has 0 aliphatic rings. The molecule has 9 heteroatoms. The number of amides is 2. The van der Waals surface area contributed by atoms with Crippen LogP contribution in [0.15, 0.2) is 59.6 Å². The summed E-state index contributed by atoms with van der Waals surface area (Å²) in [6.07, 6.45) is 8.89. The second kappa shape index (κ2) is 10.2. The third kappa shape index (κ3) is 5.03. The van der Waals surface area contributed by atoms with Crippen LogP contribution in [0.25, 0.3) is 16.4 Å². The number of fused-ring (bicyclic) bond motifs is 2. The van der Waals surface area contributed by atoms with E-state index in [0.717, 1.165) is 44.4 Å². The fourth-order valence-electron chi connectivity index (χ4n) is 4.07. The van der Waals surface area contributed by atoms with Crippen LogP contribution in [0.5, 0.6) is 0 Å². The van der Waals surface area contributed by atoms with Crippen molar-refractivity contribution >= 4 is 40.8 Å². The quantitative estimate of drug-likeness (QED) is 0.208. The Hall–Kier alpha value is -4.53. The van der Waals surface area contributed by atoms with Crippen molar-refractivity contribution in [3.63, 3.8) is 0 Å². The number of pyridine rings is 2. The number of hydrogen-bond donors (Lipinski definition) is 3. The second-order valence-electron chi connectivity index (χ2n) is 8.29. The minimum absolute atomic E-state index is 0.266. The van der Waals surface area contributed by atoms with Gasteiger partial charge >= 0.3 is 0 Å². The first kappa shape index (κ1) is 23.6.